The first-order chi connectivity index (χ1) is 17.1. The molecule has 3 heterocycles. The van der Waals surface area contributed by atoms with E-state index in [9.17, 15) is 20.0 Å². The molecule has 2 amide bonds. The van der Waals surface area contributed by atoms with Crippen LogP contribution in [0.25, 0.3) is 5.69 Å². The van der Waals surface area contributed by atoms with Crippen LogP contribution in [0.2, 0.25) is 0 Å². The Kier molecular flexibility index (Phi) is 7.23. The number of thioether (sulfide) groups is 1. The van der Waals surface area contributed by atoms with Crippen LogP contribution in [0.3, 0.4) is 0 Å². The molecule has 1 aromatic carbocycles. The van der Waals surface area contributed by atoms with Crippen molar-refractivity contribution in [3.8, 4) is 17.7 Å². The summed E-state index contributed by atoms with van der Waals surface area (Å²) in [5, 5.41) is 28.6. The van der Waals surface area contributed by atoms with Gasteiger partial charge in [0.25, 0.3) is 5.03 Å². The molecule has 3 aromatic rings. The number of anilines is 1. The van der Waals surface area contributed by atoms with Gasteiger partial charge in [-0.15, -0.1) is 11.3 Å². The zero-order chi connectivity index (χ0) is 26.0. The Balaban J connectivity index is 1.48. The minimum atomic E-state index is -0.684. The number of rotatable bonds is 5. The van der Waals surface area contributed by atoms with Gasteiger partial charge in [0, 0.05) is 23.6 Å². The molecular weight excluding hydrogens is 502 g/mol. The molecule has 4 rings (SSSR count). The van der Waals surface area contributed by atoms with Crippen LogP contribution in [0.5, 0.6) is 5.95 Å². The highest BCUT2D eigenvalue weighted by atomic mass is 32.2. The fourth-order valence-corrected chi connectivity index (χ4v) is 5.69. The van der Waals surface area contributed by atoms with Crippen molar-refractivity contribution in [3.63, 3.8) is 0 Å². The van der Waals surface area contributed by atoms with Crippen LogP contribution < -0.4 is 15.1 Å². The summed E-state index contributed by atoms with van der Waals surface area (Å²) < 4.78 is 11.6. The zero-order valence-electron chi connectivity index (χ0n) is 20.2. The van der Waals surface area contributed by atoms with E-state index < -0.39 is 22.9 Å². The predicted molar refractivity (Wildman–Crippen MR) is 131 cm³/mol. The lowest BCUT2D eigenvalue weighted by atomic mass is 10.0. The van der Waals surface area contributed by atoms with Crippen LogP contribution in [-0.2, 0) is 22.5 Å². The highest BCUT2D eigenvalue weighted by Crippen LogP contribution is 2.38. The molecule has 1 aliphatic rings. The van der Waals surface area contributed by atoms with Crippen LogP contribution in [0, 0.1) is 11.3 Å². The molecule has 1 aliphatic heterocycles. The van der Waals surface area contributed by atoms with Crippen molar-refractivity contribution in [2.24, 2.45) is 0 Å². The summed E-state index contributed by atoms with van der Waals surface area (Å²) in [4.78, 5) is 27.9. The van der Waals surface area contributed by atoms with Gasteiger partial charge in [0.1, 0.15) is 16.7 Å². The third-order valence-corrected chi connectivity index (χ3v) is 7.55. The maximum Gasteiger partial charge on any atom is 0.410 e. The third-order valence-electron chi connectivity index (χ3n) is 5.29. The maximum atomic E-state index is 13.0. The van der Waals surface area contributed by atoms with E-state index >= 15 is 0 Å². The van der Waals surface area contributed by atoms with Gasteiger partial charge in [0.05, 0.1) is 22.6 Å². The van der Waals surface area contributed by atoms with E-state index in [1.54, 1.807) is 36.1 Å². The highest BCUT2D eigenvalue weighted by molar-refractivity contribution is 8.00. The summed E-state index contributed by atoms with van der Waals surface area (Å²) in [5.74, 6) is -1.02. The number of hydrogen-bond acceptors (Lipinski definition) is 9. The normalized spacial score (nSPS) is 14.0. The monoisotopic (exact) mass is 527 g/mol. The Labute approximate surface area is 216 Å². The van der Waals surface area contributed by atoms with E-state index in [1.165, 1.54) is 16.0 Å². The molecule has 1 atom stereocenters. The summed E-state index contributed by atoms with van der Waals surface area (Å²) in [5.41, 5.74) is 1.26. The first kappa shape index (κ1) is 25.5. The number of nitriles is 1. The number of ether oxygens (including phenoxy) is 1. The van der Waals surface area contributed by atoms with Crippen LogP contribution in [0.15, 0.2) is 39.9 Å². The molecule has 0 fully saturated rings. The molecule has 2 aromatic heterocycles. The van der Waals surface area contributed by atoms with Crippen molar-refractivity contribution in [2.45, 2.75) is 56.5 Å². The molecule has 1 N–H and O–H groups in total. The van der Waals surface area contributed by atoms with E-state index in [-0.39, 0.29) is 10.9 Å². The lowest BCUT2D eigenvalue weighted by Gasteiger charge is -2.29. The molecule has 10 nitrogen and oxygen atoms in total. The zero-order valence-corrected chi connectivity index (χ0v) is 21.9. The Morgan fingerprint density at radius 2 is 2.08 bits per heavy atom. The number of nitrogens with zero attached hydrogens (tertiary/aromatic N) is 4. The van der Waals surface area contributed by atoms with Gasteiger partial charge < -0.3 is 24.6 Å². The molecule has 188 valence electrons. The SMILES string of the molecule is CC(Sc1c([O-])on[n+]1-c1ccccc1)C(=O)Nc1sc2c(c1C#N)CCN(C(=O)OC(C)(C)C)C2. The minimum Gasteiger partial charge on any atom is -0.538 e. The molecule has 0 radical (unpaired) electrons. The largest absolute Gasteiger partial charge is 0.538 e. The number of carbonyl (C=O) groups excluding carboxylic acids is 2. The van der Waals surface area contributed by atoms with Gasteiger partial charge in [-0.2, -0.15) is 5.26 Å². The highest BCUT2D eigenvalue weighted by Gasteiger charge is 2.31. The Morgan fingerprint density at radius 1 is 1.36 bits per heavy atom. The average Bonchev–Trinajstić information content (AvgIpc) is 3.37. The topological polar surface area (TPSA) is 135 Å². The van der Waals surface area contributed by atoms with Crippen molar-refractivity contribution in [1.29, 1.82) is 5.26 Å². The Hall–Kier alpha value is -3.56. The molecule has 36 heavy (non-hydrogen) atoms. The summed E-state index contributed by atoms with van der Waals surface area (Å²) in [7, 11) is 0. The number of aromatic nitrogens is 2. The first-order valence-corrected chi connectivity index (χ1v) is 12.9. The average molecular weight is 528 g/mol. The number of benzene rings is 1. The number of fused-ring (bicyclic) bond motifs is 1. The number of amides is 2. The van der Waals surface area contributed by atoms with Crippen LogP contribution in [-0.4, -0.2) is 39.6 Å². The van der Waals surface area contributed by atoms with E-state index in [0.717, 1.165) is 22.2 Å². The lowest BCUT2D eigenvalue weighted by Crippen LogP contribution is -2.39. The molecule has 0 saturated carbocycles. The Morgan fingerprint density at radius 3 is 2.75 bits per heavy atom. The summed E-state index contributed by atoms with van der Waals surface area (Å²) >= 11 is 2.29. The second kappa shape index (κ2) is 10.2. The van der Waals surface area contributed by atoms with Gasteiger partial charge in [-0.05, 0) is 56.1 Å². The fourth-order valence-electron chi connectivity index (χ4n) is 3.60. The summed E-state index contributed by atoms with van der Waals surface area (Å²) in [6.07, 6.45) is 0.0790. The number of thiophene rings is 1. The van der Waals surface area contributed by atoms with Crippen LogP contribution in [0.1, 0.15) is 43.7 Å². The van der Waals surface area contributed by atoms with Crippen molar-refractivity contribution in [1.82, 2.24) is 10.2 Å². The van der Waals surface area contributed by atoms with Crippen molar-refractivity contribution < 1.29 is 28.6 Å². The molecular formula is C24H25N5O5S2. The number of para-hydroxylation sites is 1. The standard InChI is InChI=1S/C24H25N5O5S2/c1-14(35-21-22(31)34-27-29(21)15-8-6-5-7-9-15)19(30)26-20-17(12-25)16-10-11-28(13-18(16)36-20)23(32)33-24(2,3)4/h5-9,14H,10-11,13H2,1-4H3,(H-,26,27,30,31). The molecule has 0 spiro atoms. The number of carbonyl (C=O) groups is 2. The molecule has 0 saturated heterocycles. The molecule has 1 unspecified atom stereocenters. The van der Waals surface area contributed by atoms with E-state index in [1.807, 2.05) is 26.8 Å². The second-order valence-corrected chi connectivity index (χ2v) is 11.6. The Bertz CT molecular complexity index is 1320. The summed E-state index contributed by atoms with van der Waals surface area (Å²) in [6, 6.07) is 11.2. The van der Waals surface area contributed by atoms with Crippen LogP contribution >= 0.6 is 23.1 Å². The van der Waals surface area contributed by atoms with Gasteiger partial charge in [0.2, 0.25) is 11.6 Å². The van der Waals surface area contributed by atoms with Crippen molar-refractivity contribution >= 4 is 40.1 Å². The van der Waals surface area contributed by atoms with E-state index in [4.69, 9.17) is 9.26 Å². The predicted octanol–water partition coefficient (Wildman–Crippen LogP) is 3.37. The second-order valence-electron chi connectivity index (χ2n) is 9.13. The van der Waals surface area contributed by atoms with Gasteiger partial charge in [-0.25, -0.2) is 4.79 Å². The number of nitrogens with one attached hydrogen (secondary N) is 1. The molecule has 0 aliphatic carbocycles. The van der Waals surface area contributed by atoms with E-state index in [2.05, 4.69) is 16.7 Å². The number of hydrogen-bond donors (Lipinski definition) is 1. The molecule has 12 heteroatoms. The van der Waals surface area contributed by atoms with Crippen molar-refractivity contribution in [3.05, 3.63) is 46.3 Å². The first-order valence-electron chi connectivity index (χ1n) is 11.2. The van der Waals surface area contributed by atoms with Crippen molar-refractivity contribution in [2.75, 3.05) is 11.9 Å². The quantitative estimate of drug-likeness (QED) is 0.394. The van der Waals surface area contributed by atoms with Gasteiger partial charge in [-0.3, -0.25) is 4.79 Å². The lowest BCUT2D eigenvalue weighted by molar-refractivity contribution is -0.705. The smallest absolute Gasteiger partial charge is 0.410 e. The maximum absolute atomic E-state index is 13.0. The third kappa shape index (κ3) is 5.47. The summed E-state index contributed by atoms with van der Waals surface area (Å²) in [6.45, 7) is 7.81. The minimum absolute atomic E-state index is 0.169. The van der Waals surface area contributed by atoms with E-state index in [0.29, 0.717) is 35.8 Å². The van der Waals surface area contributed by atoms with Crippen LogP contribution in [0.4, 0.5) is 9.80 Å². The van der Waals surface area contributed by atoms with Gasteiger partial charge >= 0.3 is 6.09 Å². The van der Waals surface area contributed by atoms with Gasteiger partial charge in [0.15, 0.2) is 5.95 Å². The molecule has 0 bridgehead atoms. The fraction of sp³-hybridized carbons (Fsp3) is 0.375. The van der Waals surface area contributed by atoms with Gasteiger partial charge in [-0.1, -0.05) is 18.2 Å².